The van der Waals surface area contributed by atoms with E-state index in [1.165, 1.54) is 5.56 Å². The van der Waals surface area contributed by atoms with Gasteiger partial charge in [0.15, 0.2) is 5.16 Å². The zero-order chi connectivity index (χ0) is 11.4. The lowest BCUT2D eigenvalue weighted by atomic mass is 10.2. The molecule has 0 aliphatic heterocycles. The summed E-state index contributed by atoms with van der Waals surface area (Å²) in [7, 11) is 0. The van der Waals surface area contributed by atoms with Gasteiger partial charge in [0.25, 0.3) is 0 Å². The van der Waals surface area contributed by atoms with Gasteiger partial charge in [-0.1, -0.05) is 23.9 Å². The number of aryl methyl sites for hydroxylation is 1. The number of thioether (sulfide) groups is 1. The minimum Gasteiger partial charge on any atom is -0.399 e. The van der Waals surface area contributed by atoms with Gasteiger partial charge >= 0.3 is 0 Å². The maximum absolute atomic E-state index is 5.71. The largest absolute Gasteiger partial charge is 0.399 e. The predicted octanol–water partition coefficient (Wildman–Crippen LogP) is 2.66. The van der Waals surface area contributed by atoms with Crippen molar-refractivity contribution in [2.24, 2.45) is 0 Å². The zero-order valence-electron chi connectivity index (χ0n) is 9.05. The second-order valence-corrected chi connectivity index (χ2v) is 4.52. The topological polar surface area (TPSA) is 51.8 Å². The summed E-state index contributed by atoms with van der Waals surface area (Å²) >= 11 is 1.61. The van der Waals surface area contributed by atoms with Crippen molar-refractivity contribution in [3.8, 4) is 0 Å². The molecule has 2 aromatic rings. The van der Waals surface area contributed by atoms with Crippen LogP contribution < -0.4 is 5.73 Å². The third-order valence-electron chi connectivity index (χ3n) is 2.08. The quantitative estimate of drug-likeness (QED) is 0.501. The van der Waals surface area contributed by atoms with Gasteiger partial charge in [0.1, 0.15) is 0 Å². The van der Waals surface area contributed by atoms with Crippen molar-refractivity contribution in [2.45, 2.75) is 17.8 Å². The van der Waals surface area contributed by atoms with E-state index in [0.717, 1.165) is 22.2 Å². The SMILES string of the molecule is Cc1cnc(SCc2cccc(N)c2)nc1. The second-order valence-electron chi connectivity index (χ2n) is 3.58. The van der Waals surface area contributed by atoms with Crippen LogP contribution in [0.25, 0.3) is 0 Å². The Kier molecular flexibility index (Phi) is 3.41. The molecule has 4 heteroatoms. The number of nitrogen functional groups attached to an aromatic ring is 1. The zero-order valence-corrected chi connectivity index (χ0v) is 9.87. The van der Waals surface area contributed by atoms with Crippen LogP contribution in [0, 0.1) is 6.92 Å². The summed E-state index contributed by atoms with van der Waals surface area (Å²) in [6.45, 7) is 1.98. The highest BCUT2D eigenvalue weighted by Crippen LogP contribution is 2.19. The van der Waals surface area contributed by atoms with E-state index in [1.54, 1.807) is 11.8 Å². The molecule has 16 heavy (non-hydrogen) atoms. The normalized spacial score (nSPS) is 10.3. The standard InChI is InChI=1S/C12H13N3S/c1-9-6-14-12(15-7-9)16-8-10-3-2-4-11(13)5-10/h2-7H,8,13H2,1H3. The number of hydrogen-bond donors (Lipinski definition) is 1. The molecule has 1 aromatic carbocycles. The van der Waals surface area contributed by atoms with Crippen molar-refractivity contribution in [3.63, 3.8) is 0 Å². The molecule has 0 aliphatic rings. The van der Waals surface area contributed by atoms with Gasteiger partial charge in [-0.15, -0.1) is 0 Å². The van der Waals surface area contributed by atoms with Gasteiger partial charge in [0, 0.05) is 23.8 Å². The van der Waals surface area contributed by atoms with E-state index in [9.17, 15) is 0 Å². The number of aromatic nitrogens is 2. The summed E-state index contributed by atoms with van der Waals surface area (Å²) in [4.78, 5) is 8.47. The molecular formula is C12H13N3S. The van der Waals surface area contributed by atoms with Crippen molar-refractivity contribution in [3.05, 3.63) is 47.8 Å². The van der Waals surface area contributed by atoms with Crippen molar-refractivity contribution < 1.29 is 0 Å². The van der Waals surface area contributed by atoms with Gasteiger partial charge < -0.3 is 5.73 Å². The lowest BCUT2D eigenvalue weighted by Crippen LogP contribution is -1.89. The van der Waals surface area contributed by atoms with Crippen LogP contribution in [0.3, 0.4) is 0 Å². The van der Waals surface area contributed by atoms with Crippen molar-refractivity contribution >= 4 is 17.4 Å². The average molecular weight is 231 g/mol. The number of benzene rings is 1. The Morgan fingerprint density at radius 2 is 2.00 bits per heavy atom. The summed E-state index contributed by atoms with van der Waals surface area (Å²) in [6.07, 6.45) is 3.66. The Balaban J connectivity index is 1.99. The fourth-order valence-electron chi connectivity index (χ4n) is 1.29. The summed E-state index contributed by atoms with van der Waals surface area (Å²) in [5.41, 5.74) is 8.77. The average Bonchev–Trinajstić information content (AvgIpc) is 2.28. The molecule has 2 rings (SSSR count). The van der Waals surface area contributed by atoms with Crippen LogP contribution in [0.1, 0.15) is 11.1 Å². The van der Waals surface area contributed by atoms with Crippen molar-refractivity contribution in [2.75, 3.05) is 5.73 Å². The van der Waals surface area contributed by atoms with E-state index in [4.69, 9.17) is 5.73 Å². The van der Waals surface area contributed by atoms with Crippen molar-refractivity contribution in [1.82, 2.24) is 9.97 Å². The van der Waals surface area contributed by atoms with Gasteiger partial charge in [-0.3, -0.25) is 0 Å². The van der Waals surface area contributed by atoms with Crippen LogP contribution in [-0.4, -0.2) is 9.97 Å². The number of hydrogen-bond acceptors (Lipinski definition) is 4. The highest BCUT2D eigenvalue weighted by atomic mass is 32.2. The van der Waals surface area contributed by atoms with E-state index in [2.05, 4.69) is 16.0 Å². The Hall–Kier alpha value is -1.55. The first kappa shape index (κ1) is 11.0. The molecule has 2 N–H and O–H groups in total. The molecule has 0 bridgehead atoms. The fourth-order valence-corrected chi connectivity index (χ4v) is 2.02. The fraction of sp³-hybridized carbons (Fsp3) is 0.167. The minimum absolute atomic E-state index is 0.794. The number of rotatable bonds is 3. The van der Waals surface area contributed by atoms with Crippen LogP contribution in [0.4, 0.5) is 5.69 Å². The Morgan fingerprint density at radius 1 is 1.25 bits per heavy atom. The number of nitrogens with zero attached hydrogens (tertiary/aromatic N) is 2. The lowest BCUT2D eigenvalue weighted by Gasteiger charge is -2.01. The maximum atomic E-state index is 5.71. The van der Waals surface area contributed by atoms with Gasteiger partial charge in [-0.05, 0) is 30.2 Å². The van der Waals surface area contributed by atoms with E-state index < -0.39 is 0 Å². The molecule has 1 heterocycles. The summed E-state index contributed by atoms with van der Waals surface area (Å²) < 4.78 is 0. The molecule has 0 spiro atoms. The molecule has 3 nitrogen and oxygen atoms in total. The third kappa shape index (κ3) is 2.97. The smallest absolute Gasteiger partial charge is 0.187 e. The minimum atomic E-state index is 0.794. The molecule has 1 aromatic heterocycles. The first-order chi connectivity index (χ1) is 7.74. The monoisotopic (exact) mass is 231 g/mol. The first-order valence-corrected chi connectivity index (χ1v) is 5.98. The number of nitrogens with two attached hydrogens (primary N) is 1. The molecule has 0 amide bonds. The van der Waals surface area contributed by atoms with Crippen LogP contribution in [0.2, 0.25) is 0 Å². The van der Waals surface area contributed by atoms with Gasteiger partial charge in [0.2, 0.25) is 0 Å². The summed E-state index contributed by atoms with van der Waals surface area (Å²) in [6, 6.07) is 7.87. The maximum Gasteiger partial charge on any atom is 0.187 e. The first-order valence-electron chi connectivity index (χ1n) is 5.00. The van der Waals surface area contributed by atoms with Crippen LogP contribution in [0.5, 0.6) is 0 Å². The molecule has 0 fully saturated rings. The van der Waals surface area contributed by atoms with E-state index in [0.29, 0.717) is 0 Å². The molecule has 0 unspecified atom stereocenters. The molecule has 0 radical (unpaired) electrons. The van der Waals surface area contributed by atoms with Crippen LogP contribution in [-0.2, 0) is 5.75 Å². The predicted molar refractivity (Wildman–Crippen MR) is 67.2 cm³/mol. The van der Waals surface area contributed by atoms with E-state index >= 15 is 0 Å². The Morgan fingerprint density at radius 3 is 2.69 bits per heavy atom. The molecule has 0 atom stereocenters. The van der Waals surface area contributed by atoms with E-state index in [1.807, 2.05) is 37.5 Å². The van der Waals surface area contributed by atoms with Crippen LogP contribution in [0.15, 0.2) is 41.8 Å². The highest BCUT2D eigenvalue weighted by molar-refractivity contribution is 7.98. The lowest BCUT2D eigenvalue weighted by molar-refractivity contribution is 0.949. The molecule has 0 aliphatic carbocycles. The summed E-state index contributed by atoms with van der Waals surface area (Å²) in [5.74, 6) is 0.841. The third-order valence-corrected chi connectivity index (χ3v) is 3.02. The van der Waals surface area contributed by atoms with Gasteiger partial charge in [0.05, 0.1) is 0 Å². The Labute approximate surface area is 99.1 Å². The van der Waals surface area contributed by atoms with Crippen molar-refractivity contribution in [1.29, 1.82) is 0 Å². The second kappa shape index (κ2) is 4.99. The van der Waals surface area contributed by atoms with E-state index in [-0.39, 0.29) is 0 Å². The number of anilines is 1. The van der Waals surface area contributed by atoms with Gasteiger partial charge in [-0.25, -0.2) is 9.97 Å². The molecule has 0 saturated carbocycles. The highest BCUT2D eigenvalue weighted by Gasteiger charge is 1.99. The molecule has 82 valence electrons. The molecule has 0 saturated heterocycles. The molecular weight excluding hydrogens is 218 g/mol. The van der Waals surface area contributed by atoms with Gasteiger partial charge in [-0.2, -0.15) is 0 Å². The summed E-state index contributed by atoms with van der Waals surface area (Å²) in [5, 5.41) is 0.799. The Bertz CT molecular complexity index is 468. The van der Waals surface area contributed by atoms with Crippen LogP contribution >= 0.6 is 11.8 Å².